The standard InChI is InChI=1S/C34H23N/c1-3-21-7-9-25-11-13-27(29-17-15-23(5-1)31(21)33(25)29)19-35-20-28-14-12-26-10-8-22-4-2-6-24-16-18-30(28)34(26)32(22)24/h1-18,35H,19-20H2. The monoisotopic (exact) mass is 445 g/mol. The Morgan fingerprint density at radius 2 is 0.686 bits per heavy atom. The van der Waals surface area contributed by atoms with Crippen molar-refractivity contribution in [2.24, 2.45) is 0 Å². The van der Waals surface area contributed by atoms with Crippen molar-refractivity contribution in [2.75, 3.05) is 0 Å². The van der Waals surface area contributed by atoms with Gasteiger partial charge in [-0.25, -0.2) is 0 Å². The number of nitrogens with one attached hydrogen (secondary N) is 1. The molecule has 0 aliphatic carbocycles. The highest BCUT2D eigenvalue weighted by molar-refractivity contribution is 6.24. The van der Waals surface area contributed by atoms with Gasteiger partial charge in [0, 0.05) is 13.1 Å². The second-order valence-electron chi connectivity index (χ2n) is 9.76. The first-order chi connectivity index (χ1) is 17.3. The van der Waals surface area contributed by atoms with Gasteiger partial charge in [-0.05, 0) is 75.8 Å². The summed E-state index contributed by atoms with van der Waals surface area (Å²) in [6.45, 7) is 1.69. The lowest BCUT2D eigenvalue weighted by Gasteiger charge is -2.16. The average molecular weight is 446 g/mol. The van der Waals surface area contributed by atoms with Crippen LogP contribution in [0.4, 0.5) is 0 Å². The number of hydrogen-bond donors (Lipinski definition) is 1. The van der Waals surface area contributed by atoms with E-state index >= 15 is 0 Å². The third-order valence-corrected chi connectivity index (χ3v) is 7.87. The first kappa shape index (κ1) is 19.1. The molecule has 0 saturated carbocycles. The Morgan fingerprint density at radius 1 is 0.343 bits per heavy atom. The van der Waals surface area contributed by atoms with E-state index in [0.717, 1.165) is 13.1 Å². The maximum atomic E-state index is 3.77. The molecule has 1 N–H and O–H groups in total. The highest BCUT2D eigenvalue weighted by Gasteiger charge is 2.12. The lowest BCUT2D eigenvalue weighted by molar-refractivity contribution is 0.700. The van der Waals surface area contributed by atoms with Gasteiger partial charge in [-0.3, -0.25) is 0 Å². The molecule has 0 aliphatic rings. The molecule has 0 radical (unpaired) electrons. The summed E-state index contributed by atoms with van der Waals surface area (Å²) in [6, 6.07) is 40.5. The summed E-state index contributed by atoms with van der Waals surface area (Å²) in [5, 5.41) is 19.9. The lowest BCUT2D eigenvalue weighted by atomic mass is 9.91. The molecule has 164 valence electrons. The zero-order chi connectivity index (χ0) is 22.9. The Labute approximate surface area is 203 Å². The molecular weight excluding hydrogens is 422 g/mol. The van der Waals surface area contributed by atoms with Gasteiger partial charge in [0.25, 0.3) is 0 Å². The minimum absolute atomic E-state index is 0.843. The molecule has 0 fully saturated rings. The topological polar surface area (TPSA) is 12.0 Å². The largest absolute Gasteiger partial charge is 0.309 e. The SMILES string of the molecule is c1cc2ccc3ccc(CNCc4ccc5ccc6cccc7ccc4c5c67)c4ccc(c1)c2c34. The molecule has 35 heavy (non-hydrogen) atoms. The number of benzene rings is 8. The third-order valence-electron chi connectivity index (χ3n) is 7.87. The number of rotatable bonds is 4. The Kier molecular flexibility index (Phi) is 3.91. The zero-order valence-electron chi connectivity index (χ0n) is 19.3. The third kappa shape index (κ3) is 2.73. The van der Waals surface area contributed by atoms with Gasteiger partial charge in [0.2, 0.25) is 0 Å². The van der Waals surface area contributed by atoms with Crippen LogP contribution >= 0.6 is 0 Å². The molecule has 8 aromatic carbocycles. The molecule has 0 saturated heterocycles. The molecule has 0 aliphatic heterocycles. The van der Waals surface area contributed by atoms with Crippen molar-refractivity contribution >= 4 is 64.6 Å². The molecule has 0 unspecified atom stereocenters. The molecule has 0 atom stereocenters. The van der Waals surface area contributed by atoms with Crippen LogP contribution in [-0.4, -0.2) is 0 Å². The van der Waals surface area contributed by atoms with Gasteiger partial charge in [-0.1, -0.05) is 109 Å². The molecule has 8 aromatic rings. The summed E-state index contributed by atoms with van der Waals surface area (Å²) in [7, 11) is 0. The molecule has 1 heteroatoms. The van der Waals surface area contributed by atoms with Crippen molar-refractivity contribution in [1.29, 1.82) is 0 Å². The van der Waals surface area contributed by atoms with Gasteiger partial charge >= 0.3 is 0 Å². The molecule has 0 bridgehead atoms. The second kappa shape index (κ2) is 7.15. The molecule has 8 rings (SSSR count). The van der Waals surface area contributed by atoms with Crippen LogP contribution in [0.25, 0.3) is 64.6 Å². The minimum atomic E-state index is 0.843. The van der Waals surface area contributed by atoms with E-state index in [2.05, 4.69) is 115 Å². The Bertz CT molecular complexity index is 1850. The van der Waals surface area contributed by atoms with E-state index in [1.165, 1.54) is 75.8 Å². The lowest BCUT2D eigenvalue weighted by Crippen LogP contribution is -2.13. The smallest absolute Gasteiger partial charge is 0.0214 e. The predicted octanol–water partition coefficient (Wildman–Crippen LogP) is 8.77. The highest BCUT2D eigenvalue weighted by Crippen LogP contribution is 2.37. The molecular formula is C34H23N. The van der Waals surface area contributed by atoms with Gasteiger partial charge in [-0.2, -0.15) is 0 Å². The van der Waals surface area contributed by atoms with Crippen LogP contribution in [0.2, 0.25) is 0 Å². The van der Waals surface area contributed by atoms with Gasteiger partial charge < -0.3 is 5.32 Å². The average Bonchev–Trinajstić information content (AvgIpc) is 2.91. The molecule has 0 spiro atoms. The van der Waals surface area contributed by atoms with Crippen molar-refractivity contribution < 1.29 is 0 Å². The van der Waals surface area contributed by atoms with Crippen molar-refractivity contribution in [1.82, 2.24) is 5.32 Å². The summed E-state index contributed by atoms with van der Waals surface area (Å²) < 4.78 is 0. The second-order valence-corrected chi connectivity index (χ2v) is 9.76. The first-order valence-electron chi connectivity index (χ1n) is 12.4. The van der Waals surface area contributed by atoms with Crippen LogP contribution in [-0.2, 0) is 13.1 Å². The van der Waals surface area contributed by atoms with Crippen LogP contribution in [0, 0.1) is 0 Å². The van der Waals surface area contributed by atoms with Crippen LogP contribution in [0.15, 0.2) is 109 Å². The normalized spacial score (nSPS) is 12.3. The summed E-state index contributed by atoms with van der Waals surface area (Å²) in [4.78, 5) is 0. The van der Waals surface area contributed by atoms with E-state index < -0.39 is 0 Å². The quantitative estimate of drug-likeness (QED) is 0.267. The Hall–Kier alpha value is -4.20. The van der Waals surface area contributed by atoms with Crippen molar-refractivity contribution in [3.05, 3.63) is 120 Å². The summed E-state index contributed by atoms with van der Waals surface area (Å²) in [5.74, 6) is 0. The molecule has 1 nitrogen and oxygen atoms in total. The van der Waals surface area contributed by atoms with Crippen LogP contribution in [0.3, 0.4) is 0 Å². The predicted molar refractivity (Wildman–Crippen MR) is 151 cm³/mol. The van der Waals surface area contributed by atoms with Crippen molar-refractivity contribution in [3.63, 3.8) is 0 Å². The van der Waals surface area contributed by atoms with Gasteiger partial charge in [0.1, 0.15) is 0 Å². The van der Waals surface area contributed by atoms with Gasteiger partial charge in [0.15, 0.2) is 0 Å². The van der Waals surface area contributed by atoms with E-state index in [1.54, 1.807) is 0 Å². The molecule has 0 heterocycles. The fourth-order valence-corrected chi connectivity index (χ4v) is 6.23. The summed E-state index contributed by atoms with van der Waals surface area (Å²) in [5.41, 5.74) is 2.71. The molecule has 0 amide bonds. The van der Waals surface area contributed by atoms with E-state index in [4.69, 9.17) is 0 Å². The summed E-state index contributed by atoms with van der Waals surface area (Å²) in [6.07, 6.45) is 0. The van der Waals surface area contributed by atoms with E-state index in [1.807, 2.05) is 0 Å². The Balaban J connectivity index is 1.19. The maximum Gasteiger partial charge on any atom is 0.0214 e. The molecule has 0 aromatic heterocycles. The van der Waals surface area contributed by atoms with Crippen LogP contribution in [0.1, 0.15) is 11.1 Å². The number of hydrogen-bond acceptors (Lipinski definition) is 1. The van der Waals surface area contributed by atoms with E-state index in [0.29, 0.717) is 0 Å². The zero-order valence-corrected chi connectivity index (χ0v) is 19.3. The Morgan fingerprint density at radius 3 is 1.11 bits per heavy atom. The first-order valence-corrected chi connectivity index (χ1v) is 12.4. The van der Waals surface area contributed by atoms with E-state index in [9.17, 15) is 0 Å². The van der Waals surface area contributed by atoms with Crippen molar-refractivity contribution in [2.45, 2.75) is 13.1 Å². The van der Waals surface area contributed by atoms with Crippen LogP contribution in [0.5, 0.6) is 0 Å². The highest BCUT2D eigenvalue weighted by atomic mass is 14.8. The van der Waals surface area contributed by atoms with E-state index in [-0.39, 0.29) is 0 Å². The maximum absolute atomic E-state index is 3.77. The minimum Gasteiger partial charge on any atom is -0.309 e. The van der Waals surface area contributed by atoms with Gasteiger partial charge in [0.05, 0.1) is 0 Å². The van der Waals surface area contributed by atoms with Crippen LogP contribution < -0.4 is 5.32 Å². The van der Waals surface area contributed by atoms with Crippen molar-refractivity contribution in [3.8, 4) is 0 Å². The summed E-state index contributed by atoms with van der Waals surface area (Å²) >= 11 is 0. The fraction of sp³-hybridized carbons (Fsp3) is 0.0588. The van der Waals surface area contributed by atoms with Gasteiger partial charge in [-0.15, -0.1) is 0 Å². The fourth-order valence-electron chi connectivity index (χ4n) is 6.23.